The van der Waals surface area contributed by atoms with E-state index < -0.39 is 5.82 Å². The van der Waals surface area contributed by atoms with Gasteiger partial charge in [0, 0.05) is 12.8 Å². The van der Waals surface area contributed by atoms with Gasteiger partial charge in [0.1, 0.15) is 11.6 Å². The first-order chi connectivity index (χ1) is 8.15. The average molecular weight is 258 g/mol. The molecular formula is C13H17ClFNO. The standard InChI is InChI=1S/C13H17ClFNO/c14-12-7-4-5-10(13(12)15)9-11(17)6-2-1-3-8-16/h4-5,7H,1-3,6,8-9,16H2. The molecule has 0 atom stereocenters. The summed E-state index contributed by atoms with van der Waals surface area (Å²) in [5.41, 5.74) is 5.73. The van der Waals surface area contributed by atoms with E-state index in [1.807, 2.05) is 0 Å². The molecule has 2 nitrogen and oxygen atoms in total. The van der Waals surface area contributed by atoms with Crippen molar-refractivity contribution in [3.63, 3.8) is 0 Å². The Morgan fingerprint density at radius 2 is 2.06 bits per heavy atom. The lowest BCUT2D eigenvalue weighted by Crippen LogP contribution is -2.05. The van der Waals surface area contributed by atoms with Gasteiger partial charge in [-0.1, -0.05) is 30.2 Å². The Labute approximate surface area is 106 Å². The zero-order chi connectivity index (χ0) is 12.7. The monoisotopic (exact) mass is 257 g/mol. The fourth-order valence-corrected chi connectivity index (χ4v) is 1.82. The van der Waals surface area contributed by atoms with Gasteiger partial charge in [-0.25, -0.2) is 4.39 Å². The SMILES string of the molecule is NCCCCCC(=O)Cc1cccc(Cl)c1F. The van der Waals surface area contributed by atoms with Crippen molar-refractivity contribution in [1.82, 2.24) is 0 Å². The minimum Gasteiger partial charge on any atom is -0.330 e. The van der Waals surface area contributed by atoms with Crippen LogP contribution in [0.1, 0.15) is 31.2 Å². The van der Waals surface area contributed by atoms with Crippen molar-refractivity contribution in [2.45, 2.75) is 32.1 Å². The lowest BCUT2D eigenvalue weighted by molar-refractivity contribution is -0.118. The van der Waals surface area contributed by atoms with E-state index in [1.54, 1.807) is 12.1 Å². The summed E-state index contributed by atoms with van der Waals surface area (Å²) in [4.78, 5) is 11.6. The van der Waals surface area contributed by atoms with Crippen molar-refractivity contribution in [1.29, 1.82) is 0 Å². The third kappa shape index (κ3) is 4.84. The molecule has 2 N–H and O–H groups in total. The Morgan fingerprint density at radius 1 is 1.29 bits per heavy atom. The second-order valence-corrected chi connectivity index (χ2v) is 4.43. The lowest BCUT2D eigenvalue weighted by Gasteiger charge is -2.04. The molecule has 0 aliphatic carbocycles. The van der Waals surface area contributed by atoms with Gasteiger partial charge in [0.2, 0.25) is 0 Å². The molecule has 1 rings (SSSR count). The van der Waals surface area contributed by atoms with Crippen molar-refractivity contribution >= 4 is 17.4 Å². The van der Waals surface area contributed by atoms with E-state index >= 15 is 0 Å². The molecule has 0 radical (unpaired) electrons. The van der Waals surface area contributed by atoms with Crippen LogP contribution in [0.4, 0.5) is 4.39 Å². The van der Waals surface area contributed by atoms with Crippen molar-refractivity contribution in [3.05, 3.63) is 34.6 Å². The molecule has 0 bridgehead atoms. The van der Waals surface area contributed by atoms with Gasteiger partial charge in [0.25, 0.3) is 0 Å². The van der Waals surface area contributed by atoms with E-state index in [2.05, 4.69) is 0 Å². The molecule has 0 unspecified atom stereocenters. The Balaban J connectivity index is 2.43. The molecule has 0 aliphatic heterocycles. The topological polar surface area (TPSA) is 43.1 Å². The molecule has 0 amide bonds. The second kappa shape index (κ2) is 7.41. The van der Waals surface area contributed by atoms with Gasteiger partial charge in [-0.05, 0) is 31.0 Å². The Hall–Kier alpha value is -0.930. The minimum atomic E-state index is -0.482. The van der Waals surface area contributed by atoms with E-state index in [9.17, 15) is 9.18 Å². The summed E-state index contributed by atoms with van der Waals surface area (Å²) in [5, 5.41) is 0.0680. The van der Waals surface area contributed by atoms with Crippen molar-refractivity contribution in [2.75, 3.05) is 6.54 Å². The van der Waals surface area contributed by atoms with Crippen LogP contribution in [-0.4, -0.2) is 12.3 Å². The Bertz CT molecular complexity index is 382. The molecule has 1 aromatic carbocycles. The minimum absolute atomic E-state index is 0.0446. The Morgan fingerprint density at radius 3 is 2.76 bits per heavy atom. The summed E-state index contributed by atoms with van der Waals surface area (Å²) in [6.07, 6.45) is 3.29. The highest BCUT2D eigenvalue weighted by atomic mass is 35.5. The fourth-order valence-electron chi connectivity index (χ4n) is 1.63. The van der Waals surface area contributed by atoms with Gasteiger partial charge >= 0.3 is 0 Å². The number of ketones is 1. The normalized spacial score (nSPS) is 10.5. The van der Waals surface area contributed by atoms with Crippen LogP contribution in [0.3, 0.4) is 0 Å². The molecule has 0 spiro atoms. The molecule has 0 fully saturated rings. The van der Waals surface area contributed by atoms with Crippen molar-refractivity contribution < 1.29 is 9.18 Å². The lowest BCUT2D eigenvalue weighted by atomic mass is 10.0. The average Bonchev–Trinajstić information content (AvgIpc) is 2.31. The quantitative estimate of drug-likeness (QED) is 0.763. The van der Waals surface area contributed by atoms with Gasteiger partial charge in [-0.3, -0.25) is 4.79 Å². The van der Waals surface area contributed by atoms with Crippen LogP contribution >= 0.6 is 11.6 Å². The fraction of sp³-hybridized carbons (Fsp3) is 0.462. The second-order valence-electron chi connectivity index (χ2n) is 4.03. The zero-order valence-corrected chi connectivity index (χ0v) is 10.5. The summed E-state index contributed by atoms with van der Waals surface area (Å²) in [6.45, 7) is 0.650. The summed E-state index contributed by atoms with van der Waals surface area (Å²) in [6, 6.07) is 4.73. The van der Waals surface area contributed by atoms with Crippen molar-refractivity contribution in [2.24, 2.45) is 5.73 Å². The number of carbonyl (C=O) groups excluding carboxylic acids is 1. The molecule has 0 aromatic heterocycles. The maximum Gasteiger partial charge on any atom is 0.145 e. The molecule has 17 heavy (non-hydrogen) atoms. The van der Waals surface area contributed by atoms with Crippen LogP contribution in [0.25, 0.3) is 0 Å². The summed E-state index contributed by atoms with van der Waals surface area (Å²) in [7, 11) is 0. The third-order valence-corrected chi connectivity index (χ3v) is 2.87. The van der Waals surface area contributed by atoms with E-state index in [0.29, 0.717) is 18.5 Å². The molecule has 0 aliphatic rings. The largest absolute Gasteiger partial charge is 0.330 e. The molecule has 0 heterocycles. The van der Waals surface area contributed by atoms with Gasteiger partial charge in [-0.15, -0.1) is 0 Å². The first kappa shape index (κ1) is 14.1. The molecule has 4 heteroatoms. The highest BCUT2D eigenvalue weighted by Crippen LogP contribution is 2.19. The van der Waals surface area contributed by atoms with E-state index in [1.165, 1.54) is 6.07 Å². The zero-order valence-electron chi connectivity index (χ0n) is 9.72. The van der Waals surface area contributed by atoms with E-state index in [4.69, 9.17) is 17.3 Å². The van der Waals surface area contributed by atoms with Gasteiger partial charge in [-0.2, -0.15) is 0 Å². The number of hydrogen-bond acceptors (Lipinski definition) is 2. The predicted molar refractivity (Wildman–Crippen MR) is 67.6 cm³/mol. The van der Waals surface area contributed by atoms with Crippen LogP contribution in [0.15, 0.2) is 18.2 Å². The summed E-state index contributed by atoms with van der Waals surface area (Å²) in [5.74, 6) is -0.437. The summed E-state index contributed by atoms with van der Waals surface area (Å²) >= 11 is 5.64. The van der Waals surface area contributed by atoms with Gasteiger partial charge < -0.3 is 5.73 Å². The number of benzene rings is 1. The highest BCUT2D eigenvalue weighted by Gasteiger charge is 2.10. The van der Waals surface area contributed by atoms with E-state index in [-0.39, 0.29) is 17.2 Å². The molecule has 0 saturated heterocycles. The van der Waals surface area contributed by atoms with Crippen LogP contribution in [-0.2, 0) is 11.2 Å². The highest BCUT2D eigenvalue weighted by molar-refractivity contribution is 6.30. The van der Waals surface area contributed by atoms with Crippen LogP contribution in [0, 0.1) is 5.82 Å². The third-order valence-electron chi connectivity index (χ3n) is 2.58. The number of carbonyl (C=O) groups is 1. The van der Waals surface area contributed by atoms with Gasteiger partial charge in [0.05, 0.1) is 5.02 Å². The maximum absolute atomic E-state index is 13.5. The number of nitrogens with two attached hydrogens (primary N) is 1. The molecule has 1 aromatic rings. The molecule has 94 valence electrons. The van der Waals surface area contributed by atoms with E-state index in [0.717, 1.165) is 19.3 Å². The molecule has 0 saturated carbocycles. The number of unbranched alkanes of at least 4 members (excludes halogenated alkanes) is 2. The first-order valence-electron chi connectivity index (χ1n) is 5.80. The molecular weight excluding hydrogens is 241 g/mol. The van der Waals surface area contributed by atoms with Crippen LogP contribution in [0.2, 0.25) is 5.02 Å². The van der Waals surface area contributed by atoms with Crippen LogP contribution in [0.5, 0.6) is 0 Å². The first-order valence-corrected chi connectivity index (χ1v) is 6.17. The number of rotatable bonds is 7. The summed E-state index contributed by atoms with van der Waals surface area (Å²) < 4.78 is 13.5. The maximum atomic E-state index is 13.5. The van der Waals surface area contributed by atoms with Crippen LogP contribution < -0.4 is 5.73 Å². The number of hydrogen-bond donors (Lipinski definition) is 1. The van der Waals surface area contributed by atoms with Gasteiger partial charge in [0.15, 0.2) is 0 Å². The number of halogens is 2. The predicted octanol–water partition coefficient (Wildman–Crippen LogP) is 3.11. The Kier molecular flexibility index (Phi) is 6.16. The number of Topliss-reactive ketones (excluding diaryl/α,β-unsaturated/α-hetero) is 1. The smallest absolute Gasteiger partial charge is 0.145 e. The van der Waals surface area contributed by atoms with Crippen molar-refractivity contribution in [3.8, 4) is 0 Å².